The van der Waals surface area contributed by atoms with Crippen LogP contribution in [0, 0.1) is 5.82 Å². The molecule has 1 aliphatic heterocycles. The van der Waals surface area contributed by atoms with Crippen molar-refractivity contribution in [2.24, 2.45) is 0 Å². The van der Waals surface area contributed by atoms with Crippen molar-refractivity contribution in [2.75, 3.05) is 18.4 Å². The van der Waals surface area contributed by atoms with Crippen LogP contribution in [0.5, 0.6) is 0 Å². The quantitative estimate of drug-likeness (QED) is 0.635. The maximum absolute atomic E-state index is 13.0. The Hall–Kier alpha value is -2.78. The third-order valence-electron chi connectivity index (χ3n) is 5.06. The zero-order valence-corrected chi connectivity index (χ0v) is 17.2. The molecular weight excluding hydrogens is 407 g/mol. The summed E-state index contributed by atoms with van der Waals surface area (Å²) >= 11 is 0. The van der Waals surface area contributed by atoms with Crippen LogP contribution < -0.4 is 5.32 Å². The minimum absolute atomic E-state index is 0.284. The first-order valence-corrected chi connectivity index (χ1v) is 11.4. The fourth-order valence-electron chi connectivity index (χ4n) is 3.39. The van der Waals surface area contributed by atoms with E-state index in [2.05, 4.69) is 15.5 Å². The van der Waals surface area contributed by atoms with Gasteiger partial charge in [0.1, 0.15) is 5.82 Å². The maximum Gasteiger partial charge on any atom is 0.247 e. The Labute approximate surface area is 175 Å². The van der Waals surface area contributed by atoms with Gasteiger partial charge in [-0.3, -0.25) is 0 Å². The lowest BCUT2D eigenvalue weighted by molar-refractivity contribution is 0.424. The van der Waals surface area contributed by atoms with Gasteiger partial charge in [0.05, 0.1) is 11.4 Å². The van der Waals surface area contributed by atoms with Gasteiger partial charge in [0.15, 0.2) is 0 Å². The lowest BCUT2D eigenvalue weighted by Crippen LogP contribution is -2.31. The summed E-state index contributed by atoms with van der Waals surface area (Å²) in [4.78, 5) is 0.298. The molecule has 0 radical (unpaired) electrons. The lowest BCUT2D eigenvalue weighted by Gasteiger charge is -2.20. The van der Waals surface area contributed by atoms with Crippen LogP contribution in [0.25, 0.3) is 11.5 Å². The number of benzene rings is 2. The predicted octanol–water partition coefficient (Wildman–Crippen LogP) is 4.05. The average Bonchev–Trinajstić information content (AvgIpc) is 3.05. The molecule has 9 heteroatoms. The van der Waals surface area contributed by atoms with Crippen LogP contribution in [0.4, 0.5) is 10.1 Å². The van der Waals surface area contributed by atoms with Crippen molar-refractivity contribution in [3.63, 3.8) is 0 Å². The molecule has 7 nitrogen and oxygen atoms in total. The largest absolute Gasteiger partial charge is 0.419 e. The van der Waals surface area contributed by atoms with E-state index < -0.39 is 10.0 Å². The lowest BCUT2D eigenvalue weighted by atomic mass is 10.2. The van der Waals surface area contributed by atoms with Crippen molar-refractivity contribution in [3.05, 3.63) is 60.2 Å². The van der Waals surface area contributed by atoms with Gasteiger partial charge in [0.25, 0.3) is 0 Å². The van der Waals surface area contributed by atoms with E-state index in [0.29, 0.717) is 35.3 Å². The first-order valence-electron chi connectivity index (χ1n) is 9.95. The Bertz CT molecular complexity index is 1070. The molecule has 30 heavy (non-hydrogen) atoms. The van der Waals surface area contributed by atoms with E-state index in [0.717, 1.165) is 31.4 Å². The summed E-state index contributed by atoms with van der Waals surface area (Å²) in [5.74, 6) is 0.350. The van der Waals surface area contributed by atoms with E-state index in [1.54, 1.807) is 40.7 Å². The minimum atomic E-state index is -3.46. The van der Waals surface area contributed by atoms with Crippen LogP contribution in [0.15, 0.2) is 57.8 Å². The van der Waals surface area contributed by atoms with E-state index in [9.17, 15) is 12.8 Å². The third kappa shape index (κ3) is 4.68. The summed E-state index contributed by atoms with van der Waals surface area (Å²) in [5.41, 5.74) is 1.38. The number of sulfonamides is 1. The van der Waals surface area contributed by atoms with Gasteiger partial charge < -0.3 is 9.73 Å². The summed E-state index contributed by atoms with van der Waals surface area (Å²) < 4.78 is 45.9. The SMILES string of the molecule is O=S(=O)(c1ccc(NCc2nnc(-c3ccc(F)cc3)o2)cc1)N1CCCCCC1. The highest BCUT2D eigenvalue weighted by Crippen LogP contribution is 2.22. The van der Waals surface area contributed by atoms with E-state index in [-0.39, 0.29) is 12.4 Å². The van der Waals surface area contributed by atoms with E-state index in [1.807, 2.05) is 0 Å². The van der Waals surface area contributed by atoms with Gasteiger partial charge in [-0.25, -0.2) is 12.8 Å². The van der Waals surface area contributed by atoms with Gasteiger partial charge in [-0.15, -0.1) is 10.2 Å². The summed E-state index contributed by atoms with van der Waals surface area (Å²) in [6.07, 6.45) is 3.97. The summed E-state index contributed by atoms with van der Waals surface area (Å²) in [6, 6.07) is 12.5. The van der Waals surface area contributed by atoms with E-state index in [4.69, 9.17) is 4.42 Å². The average molecular weight is 431 g/mol. The normalized spacial score (nSPS) is 15.6. The van der Waals surface area contributed by atoms with Crippen LogP contribution in [0.3, 0.4) is 0 Å². The molecule has 0 saturated carbocycles. The maximum atomic E-state index is 13.0. The Balaban J connectivity index is 1.39. The van der Waals surface area contributed by atoms with Crippen LogP contribution in [0.1, 0.15) is 31.6 Å². The van der Waals surface area contributed by atoms with E-state index in [1.165, 1.54) is 12.1 Å². The number of hydrogen-bond acceptors (Lipinski definition) is 6. The fraction of sp³-hybridized carbons (Fsp3) is 0.333. The van der Waals surface area contributed by atoms with Crippen LogP contribution in [-0.2, 0) is 16.6 Å². The number of anilines is 1. The van der Waals surface area contributed by atoms with Gasteiger partial charge in [0, 0.05) is 24.3 Å². The second-order valence-corrected chi connectivity index (χ2v) is 9.14. The van der Waals surface area contributed by atoms with Gasteiger partial charge in [-0.1, -0.05) is 12.8 Å². The van der Waals surface area contributed by atoms with Gasteiger partial charge in [-0.05, 0) is 61.4 Å². The van der Waals surface area contributed by atoms with Crippen LogP contribution >= 0.6 is 0 Å². The number of rotatable bonds is 6. The van der Waals surface area contributed by atoms with Crippen molar-refractivity contribution in [2.45, 2.75) is 37.1 Å². The van der Waals surface area contributed by atoms with E-state index >= 15 is 0 Å². The molecule has 2 heterocycles. The van der Waals surface area contributed by atoms with Gasteiger partial charge >= 0.3 is 0 Å². The topological polar surface area (TPSA) is 88.3 Å². The number of hydrogen-bond donors (Lipinski definition) is 1. The molecule has 4 rings (SSSR count). The second kappa shape index (κ2) is 8.93. The third-order valence-corrected chi connectivity index (χ3v) is 6.97. The molecule has 0 amide bonds. The molecule has 1 fully saturated rings. The Morgan fingerprint density at radius 3 is 2.27 bits per heavy atom. The monoisotopic (exact) mass is 430 g/mol. The van der Waals surface area contributed by atoms with Crippen LogP contribution in [0.2, 0.25) is 0 Å². The Morgan fingerprint density at radius 2 is 1.60 bits per heavy atom. The molecule has 0 unspecified atom stereocenters. The first-order chi connectivity index (χ1) is 14.5. The molecule has 0 bridgehead atoms. The van der Waals surface area contributed by atoms with Crippen molar-refractivity contribution in [1.29, 1.82) is 0 Å². The van der Waals surface area contributed by atoms with Crippen molar-refractivity contribution < 1.29 is 17.2 Å². The fourth-order valence-corrected chi connectivity index (χ4v) is 4.90. The zero-order chi connectivity index (χ0) is 21.0. The molecule has 158 valence electrons. The van der Waals surface area contributed by atoms with Gasteiger partial charge in [-0.2, -0.15) is 4.31 Å². The zero-order valence-electron chi connectivity index (χ0n) is 16.4. The molecule has 3 aromatic rings. The minimum Gasteiger partial charge on any atom is -0.419 e. The Morgan fingerprint density at radius 1 is 0.933 bits per heavy atom. The number of nitrogens with one attached hydrogen (secondary N) is 1. The molecule has 1 saturated heterocycles. The van der Waals surface area contributed by atoms with Crippen molar-refractivity contribution in [1.82, 2.24) is 14.5 Å². The van der Waals surface area contributed by atoms with Crippen molar-refractivity contribution in [3.8, 4) is 11.5 Å². The second-order valence-electron chi connectivity index (χ2n) is 7.20. The Kier molecular flexibility index (Phi) is 6.10. The van der Waals surface area contributed by atoms with Crippen LogP contribution in [-0.4, -0.2) is 36.0 Å². The molecule has 1 N–H and O–H groups in total. The standard InChI is InChI=1S/C21H23FN4O3S/c22-17-7-5-16(6-8-17)21-25-24-20(29-21)15-23-18-9-11-19(12-10-18)30(27,28)26-13-3-1-2-4-14-26/h5-12,23H,1-4,13-15H2. The number of aromatic nitrogens is 2. The highest BCUT2D eigenvalue weighted by atomic mass is 32.2. The molecule has 1 aliphatic rings. The smallest absolute Gasteiger partial charge is 0.247 e. The molecule has 2 aromatic carbocycles. The molecule has 1 aromatic heterocycles. The molecular formula is C21H23FN4O3S. The summed E-state index contributed by atoms with van der Waals surface area (Å²) in [7, 11) is -3.46. The molecule has 0 spiro atoms. The summed E-state index contributed by atoms with van der Waals surface area (Å²) in [6.45, 7) is 1.44. The highest BCUT2D eigenvalue weighted by Gasteiger charge is 2.24. The number of nitrogens with zero attached hydrogens (tertiary/aromatic N) is 3. The summed E-state index contributed by atoms with van der Waals surface area (Å²) in [5, 5.41) is 11.1. The number of halogens is 1. The highest BCUT2D eigenvalue weighted by molar-refractivity contribution is 7.89. The first kappa shape index (κ1) is 20.5. The van der Waals surface area contributed by atoms with Gasteiger partial charge in [0.2, 0.25) is 21.8 Å². The predicted molar refractivity (Wildman–Crippen MR) is 111 cm³/mol. The van der Waals surface area contributed by atoms with Crippen molar-refractivity contribution >= 4 is 15.7 Å². The molecule has 0 atom stereocenters. The molecule has 0 aliphatic carbocycles.